The molecule has 19 heavy (non-hydrogen) atoms. The van der Waals surface area contributed by atoms with Crippen molar-refractivity contribution in [3.8, 4) is 0 Å². The van der Waals surface area contributed by atoms with Crippen LogP contribution in [-0.2, 0) is 14.3 Å². The van der Waals surface area contributed by atoms with Crippen LogP contribution < -0.4 is 5.32 Å². The van der Waals surface area contributed by atoms with Crippen molar-refractivity contribution in [1.82, 2.24) is 10.2 Å². The van der Waals surface area contributed by atoms with Gasteiger partial charge >= 0.3 is 0 Å². The second-order valence-electron chi connectivity index (χ2n) is 5.52. The lowest BCUT2D eigenvalue weighted by molar-refractivity contribution is -0.130. The molecule has 1 saturated heterocycles. The number of rotatable bonds is 6. The molecule has 2 aliphatic rings. The average Bonchev–Trinajstić information content (AvgIpc) is 3.03. The number of carbonyl (C=O) groups excluding carboxylic acids is 2. The van der Waals surface area contributed by atoms with Gasteiger partial charge in [-0.2, -0.15) is 0 Å². The summed E-state index contributed by atoms with van der Waals surface area (Å²) < 4.78 is 4.94. The van der Waals surface area contributed by atoms with Crippen LogP contribution in [-0.4, -0.2) is 49.6 Å². The molecule has 5 heteroatoms. The highest BCUT2D eigenvalue weighted by Crippen LogP contribution is 2.29. The Morgan fingerprint density at radius 2 is 2.16 bits per heavy atom. The standard InChI is InChI=1S/C14H24N2O3/c1-19-8-4-7-15-14(18)11-9-13(17)16(10-11)12-5-2-3-6-12/h11-12H,2-10H2,1H3,(H,15,18)/t11-/m0/s1. The first-order valence-corrected chi connectivity index (χ1v) is 7.28. The maximum Gasteiger partial charge on any atom is 0.225 e. The van der Waals surface area contributed by atoms with Crippen LogP contribution in [0.4, 0.5) is 0 Å². The molecule has 0 aromatic carbocycles. The molecule has 1 aliphatic heterocycles. The molecular weight excluding hydrogens is 244 g/mol. The van der Waals surface area contributed by atoms with Gasteiger partial charge in [0.05, 0.1) is 5.92 Å². The van der Waals surface area contributed by atoms with Crippen LogP contribution in [0, 0.1) is 5.92 Å². The Hall–Kier alpha value is -1.10. The fraction of sp³-hybridized carbons (Fsp3) is 0.857. The average molecular weight is 268 g/mol. The lowest BCUT2D eigenvalue weighted by Gasteiger charge is -2.23. The molecule has 5 nitrogen and oxygen atoms in total. The van der Waals surface area contributed by atoms with Crippen LogP contribution in [0.15, 0.2) is 0 Å². The molecule has 1 atom stereocenters. The Bertz CT molecular complexity index is 327. The number of ether oxygens (including phenoxy) is 1. The first kappa shape index (κ1) is 14.3. The lowest BCUT2D eigenvalue weighted by Crippen LogP contribution is -2.37. The van der Waals surface area contributed by atoms with Crippen LogP contribution >= 0.6 is 0 Å². The highest BCUT2D eigenvalue weighted by atomic mass is 16.5. The lowest BCUT2D eigenvalue weighted by atomic mass is 10.1. The molecule has 108 valence electrons. The zero-order valence-corrected chi connectivity index (χ0v) is 11.7. The topological polar surface area (TPSA) is 58.6 Å². The Labute approximate surface area is 114 Å². The number of amides is 2. The van der Waals surface area contributed by atoms with Crippen LogP contribution in [0.2, 0.25) is 0 Å². The van der Waals surface area contributed by atoms with Crippen molar-refractivity contribution >= 4 is 11.8 Å². The van der Waals surface area contributed by atoms with E-state index >= 15 is 0 Å². The minimum absolute atomic E-state index is 0.0185. The van der Waals surface area contributed by atoms with E-state index in [0.717, 1.165) is 19.3 Å². The Kier molecular flexibility index (Phi) is 5.19. The van der Waals surface area contributed by atoms with Gasteiger partial charge in [-0.05, 0) is 19.3 Å². The van der Waals surface area contributed by atoms with Crippen molar-refractivity contribution in [2.45, 2.75) is 44.6 Å². The molecule has 1 heterocycles. The third-order valence-corrected chi connectivity index (χ3v) is 4.12. The Balaban J connectivity index is 1.76. The molecule has 0 spiro atoms. The number of likely N-dealkylation sites (tertiary alicyclic amines) is 1. The largest absolute Gasteiger partial charge is 0.385 e. The highest BCUT2D eigenvalue weighted by molar-refractivity contribution is 5.89. The van der Waals surface area contributed by atoms with E-state index in [4.69, 9.17) is 4.74 Å². The Morgan fingerprint density at radius 3 is 2.84 bits per heavy atom. The number of methoxy groups -OCH3 is 1. The van der Waals surface area contributed by atoms with Gasteiger partial charge in [0.15, 0.2) is 0 Å². The minimum Gasteiger partial charge on any atom is -0.385 e. The van der Waals surface area contributed by atoms with Crippen LogP contribution in [0.5, 0.6) is 0 Å². The van der Waals surface area contributed by atoms with Crippen molar-refractivity contribution in [2.75, 3.05) is 26.8 Å². The number of hydrogen-bond donors (Lipinski definition) is 1. The van der Waals surface area contributed by atoms with Crippen molar-refractivity contribution in [3.05, 3.63) is 0 Å². The van der Waals surface area contributed by atoms with E-state index < -0.39 is 0 Å². The molecule has 0 unspecified atom stereocenters. The van der Waals surface area contributed by atoms with E-state index in [1.54, 1.807) is 7.11 Å². The van der Waals surface area contributed by atoms with E-state index in [2.05, 4.69) is 5.32 Å². The third-order valence-electron chi connectivity index (χ3n) is 4.12. The molecule has 1 aliphatic carbocycles. The van der Waals surface area contributed by atoms with Crippen molar-refractivity contribution in [2.24, 2.45) is 5.92 Å². The third kappa shape index (κ3) is 3.69. The number of nitrogens with one attached hydrogen (secondary N) is 1. The smallest absolute Gasteiger partial charge is 0.225 e. The van der Waals surface area contributed by atoms with E-state index in [1.807, 2.05) is 4.90 Å². The number of carbonyl (C=O) groups is 2. The fourth-order valence-electron chi connectivity index (χ4n) is 3.05. The summed E-state index contributed by atoms with van der Waals surface area (Å²) in [6, 6.07) is 0.388. The molecule has 1 N–H and O–H groups in total. The van der Waals surface area contributed by atoms with E-state index in [9.17, 15) is 9.59 Å². The zero-order valence-electron chi connectivity index (χ0n) is 11.7. The summed E-state index contributed by atoms with van der Waals surface area (Å²) in [5.74, 6) is 0.0181. The molecule has 1 saturated carbocycles. The zero-order chi connectivity index (χ0) is 13.7. The second kappa shape index (κ2) is 6.89. The highest BCUT2D eigenvalue weighted by Gasteiger charge is 2.38. The van der Waals surface area contributed by atoms with Crippen molar-refractivity contribution in [1.29, 1.82) is 0 Å². The second-order valence-corrected chi connectivity index (χ2v) is 5.52. The van der Waals surface area contributed by atoms with Gasteiger partial charge in [-0.25, -0.2) is 0 Å². The van der Waals surface area contributed by atoms with Crippen molar-refractivity contribution in [3.63, 3.8) is 0 Å². The van der Waals surface area contributed by atoms with Gasteiger partial charge in [0.25, 0.3) is 0 Å². The summed E-state index contributed by atoms with van der Waals surface area (Å²) in [4.78, 5) is 25.9. The van der Waals surface area contributed by atoms with Crippen LogP contribution in [0.1, 0.15) is 38.5 Å². The van der Waals surface area contributed by atoms with Gasteiger partial charge in [-0.1, -0.05) is 12.8 Å². The van der Waals surface area contributed by atoms with E-state index in [-0.39, 0.29) is 17.7 Å². The molecule has 0 aromatic heterocycles. The number of nitrogens with zero attached hydrogens (tertiary/aromatic N) is 1. The molecule has 0 aromatic rings. The SMILES string of the molecule is COCCCNC(=O)[C@H]1CC(=O)N(C2CCCC2)C1. The Morgan fingerprint density at radius 1 is 1.42 bits per heavy atom. The van der Waals surface area contributed by atoms with Crippen LogP contribution in [0.3, 0.4) is 0 Å². The minimum atomic E-state index is -0.157. The maximum absolute atomic E-state index is 12.0. The monoisotopic (exact) mass is 268 g/mol. The number of hydrogen-bond acceptors (Lipinski definition) is 3. The first-order valence-electron chi connectivity index (χ1n) is 7.28. The summed E-state index contributed by atoms with van der Waals surface area (Å²) in [6.07, 6.45) is 5.83. The summed E-state index contributed by atoms with van der Waals surface area (Å²) in [7, 11) is 1.65. The quantitative estimate of drug-likeness (QED) is 0.729. The van der Waals surface area contributed by atoms with E-state index in [0.29, 0.717) is 32.2 Å². The van der Waals surface area contributed by atoms with Crippen LogP contribution in [0.25, 0.3) is 0 Å². The van der Waals surface area contributed by atoms with Crippen molar-refractivity contribution < 1.29 is 14.3 Å². The molecule has 0 bridgehead atoms. The first-order chi connectivity index (χ1) is 9.22. The summed E-state index contributed by atoms with van der Waals surface area (Å²) >= 11 is 0. The summed E-state index contributed by atoms with van der Waals surface area (Å²) in [6.45, 7) is 1.89. The van der Waals surface area contributed by atoms with Gasteiger partial charge in [0.2, 0.25) is 11.8 Å². The van der Waals surface area contributed by atoms with E-state index in [1.165, 1.54) is 12.8 Å². The molecular formula is C14H24N2O3. The van der Waals surface area contributed by atoms with Gasteiger partial charge in [0, 0.05) is 39.3 Å². The fourth-order valence-corrected chi connectivity index (χ4v) is 3.05. The predicted octanol–water partition coefficient (Wildman–Crippen LogP) is 0.930. The maximum atomic E-state index is 12.0. The van der Waals surface area contributed by atoms with Gasteiger partial charge in [0.1, 0.15) is 0 Å². The predicted molar refractivity (Wildman–Crippen MR) is 71.6 cm³/mol. The molecule has 2 amide bonds. The molecule has 0 radical (unpaired) electrons. The normalized spacial score (nSPS) is 24.2. The van der Waals surface area contributed by atoms with Gasteiger partial charge in [-0.15, -0.1) is 0 Å². The van der Waals surface area contributed by atoms with Gasteiger partial charge in [-0.3, -0.25) is 9.59 Å². The molecule has 2 rings (SSSR count). The summed E-state index contributed by atoms with van der Waals surface area (Å²) in [5, 5.41) is 2.89. The summed E-state index contributed by atoms with van der Waals surface area (Å²) in [5.41, 5.74) is 0. The van der Waals surface area contributed by atoms with Gasteiger partial charge < -0.3 is 15.0 Å². The molecule has 2 fully saturated rings.